The van der Waals surface area contributed by atoms with E-state index in [2.05, 4.69) is 13.8 Å². The number of nitrogens with two attached hydrogens (primary N) is 3. The number of hydrogen-bond acceptors (Lipinski definition) is 3. The van der Waals surface area contributed by atoms with Gasteiger partial charge in [-0.15, -0.1) is 0 Å². The van der Waals surface area contributed by atoms with Crippen molar-refractivity contribution < 1.29 is 0 Å². The molecular weight excluding hydrogens is 188 g/mol. The van der Waals surface area contributed by atoms with Crippen LogP contribution in [0.3, 0.4) is 0 Å². The fourth-order valence-electron chi connectivity index (χ4n) is 1.61. The second-order valence-electron chi connectivity index (χ2n) is 4.11. The minimum Gasteiger partial charge on any atom is -0.397 e. The van der Waals surface area contributed by atoms with Gasteiger partial charge in [0.05, 0.1) is 11.4 Å². The lowest BCUT2D eigenvalue weighted by Crippen LogP contribution is -2.18. The molecule has 0 atom stereocenters. The predicted molar refractivity (Wildman–Crippen MR) is 64.8 cm³/mol. The highest BCUT2D eigenvalue weighted by Crippen LogP contribution is 2.25. The lowest BCUT2D eigenvalue weighted by Gasteiger charge is -2.14. The van der Waals surface area contributed by atoms with Gasteiger partial charge < -0.3 is 17.2 Å². The molecule has 0 bridgehead atoms. The van der Waals surface area contributed by atoms with Gasteiger partial charge in [-0.2, -0.15) is 0 Å². The minimum atomic E-state index is -0.0181. The van der Waals surface area contributed by atoms with Crippen molar-refractivity contribution in [3.05, 3.63) is 23.3 Å². The highest BCUT2D eigenvalue weighted by molar-refractivity contribution is 6.03. The van der Waals surface area contributed by atoms with Crippen molar-refractivity contribution in [3.8, 4) is 0 Å². The number of anilines is 2. The number of amidine groups is 1. The average Bonchev–Trinajstić information content (AvgIpc) is 2.10. The molecule has 1 rings (SSSR count). The van der Waals surface area contributed by atoms with E-state index in [0.29, 0.717) is 22.9 Å². The van der Waals surface area contributed by atoms with Crippen LogP contribution < -0.4 is 17.2 Å². The van der Waals surface area contributed by atoms with E-state index in [-0.39, 0.29) is 5.84 Å². The van der Waals surface area contributed by atoms with Crippen LogP contribution in [-0.2, 0) is 6.42 Å². The van der Waals surface area contributed by atoms with Crippen LogP contribution in [0.25, 0.3) is 0 Å². The average molecular weight is 206 g/mol. The van der Waals surface area contributed by atoms with Gasteiger partial charge in [-0.25, -0.2) is 0 Å². The zero-order valence-electron chi connectivity index (χ0n) is 9.17. The summed E-state index contributed by atoms with van der Waals surface area (Å²) in [6.07, 6.45) is 0.847. The lowest BCUT2D eigenvalue weighted by atomic mass is 9.95. The second kappa shape index (κ2) is 4.21. The fraction of sp³-hybridized carbons (Fsp3) is 0.364. The van der Waals surface area contributed by atoms with Crippen LogP contribution in [0.5, 0.6) is 0 Å². The minimum absolute atomic E-state index is 0.0181. The molecule has 0 aliphatic rings. The van der Waals surface area contributed by atoms with E-state index in [0.717, 1.165) is 12.0 Å². The molecular formula is C11H18N4. The Labute approximate surface area is 90.0 Å². The lowest BCUT2D eigenvalue weighted by molar-refractivity contribution is 0.647. The third-order valence-electron chi connectivity index (χ3n) is 2.26. The highest BCUT2D eigenvalue weighted by Gasteiger charge is 2.12. The van der Waals surface area contributed by atoms with Crippen LogP contribution in [0.1, 0.15) is 25.0 Å². The van der Waals surface area contributed by atoms with Gasteiger partial charge in [0.25, 0.3) is 0 Å². The molecule has 4 heteroatoms. The molecule has 1 aromatic rings. The van der Waals surface area contributed by atoms with E-state index in [1.807, 2.05) is 6.07 Å². The van der Waals surface area contributed by atoms with Crippen molar-refractivity contribution in [3.63, 3.8) is 0 Å². The largest absolute Gasteiger partial charge is 0.397 e. The molecule has 1 aromatic carbocycles. The Hall–Kier alpha value is -1.71. The van der Waals surface area contributed by atoms with E-state index in [9.17, 15) is 0 Å². The first-order valence-corrected chi connectivity index (χ1v) is 4.94. The molecule has 0 saturated carbocycles. The number of nitrogens with one attached hydrogen (secondary N) is 1. The Kier molecular flexibility index (Phi) is 3.19. The first kappa shape index (κ1) is 11.4. The van der Waals surface area contributed by atoms with Gasteiger partial charge in [0.15, 0.2) is 0 Å². The summed E-state index contributed by atoms with van der Waals surface area (Å²) in [5.41, 5.74) is 19.5. The van der Waals surface area contributed by atoms with Crippen molar-refractivity contribution in [2.24, 2.45) is 11.7 Å². The van der Waals surface area contributed by atoms with Gasteiger partial charge in [-0.3, -0.25) is 5.41 Å². The van der Waals surface area contributed by atoms with Gasteiger partial charge in [0.1, 0.15) is 5.84 Å². The number of hydrogen-bond donors (Lipinski definition) is 4. The van der Waals surface area contributed by atoms with Crippen molar-refractivity contribution in [1.82, 2.24) is 0 Å². The van der Waals surface area contributed by atoms with Crippen LogP contribution >= 0.6 is 0 Å². The van der Waals surface area contributed by atoms with E-state index in [1.54, 1.807) is 6.07 Å². The maximum Gasteiger partial charge on any atom is 0.125 e. The summed E-state index contributed by atoms with van der Waals surface area (Å²) in [6, 6.07) is 3.65. The SMILES string of the molecule is CC(C)Cc1ccc(N)c(N)c1C(=N)N. The first-order valence-electron chi connectivity index (χ1n) is 4.94. The summed E-state index contributed by atoms with van der Waals surface area (Å²) in [5.74, 6) is 0.474. The summed E-state index contributed by atoms with van der Waals surface area (Å²) in [5, 5.41) is 7.50. The maximum absolute atomic E-state index is 7.50. The molecule has 0 heterocycles. The van der Waals surface area contributed by atoms with Gasteiger partial charge in [-0.1, -0.05) is 19.9 Å². The van der Waals surface area contributed by atoms with Crippen LogP contribution in [-0.4, -0.2) is 5.84 Å². The van der Waals surface area contributed by atoms with Gasteiger partial charge in [0, 0.05) is 5.56 Å². The molecule has 0 fully saturated rings. The van der Waals surface area contributed by atoms with Crippen LogP contribution in [0.15, 0.2) is 12.1 Å². The Morgan fingerprint density at radius 1 is 1.33 bits per heavy atom. The van der Waals surface area contributed by atoms with E-state index in [4.69, 9.17) is 22.6 Å². The maximum atomic E-state index is 7.50. The van der Waals surface area contributed by atoms with Gasteiger partial charge >= 0.3 is 0 Å². The summed E-state index contributed by atoms with van der Waals surface area (Å²) in [4.78, 5) is 0. The van der Waals surface area contributed by atoms with Crippen molar-refractivity contribution in [2.45, 2.75) is 20.3 Å². The summed E-state index contributed by atoms with van der Waals surface area (Å²) in [6.45, 7) is 4.22. The Balaban J connectivity index is 3.27. The molecule has 0 amide bonds. The zero-order valence-corrected chi connectivity index (χ0v) is 9.17. The third kappa shape index (κ3) is 2.40. The first-order chi connectivity index (χ1) is 6.93. The smallest absolute Gasteiger partial charge is 0.125 e. The van der Waals surface area contributed by atoms with Crippen LogP contribution in [0.4, 0.5) is 11.4 Å². The van der Waals surface area contributed by atoms with E-state index >= 15 is 0 Å². The normalized spacial score (nSPS) is 10.6. The topological polar surface area (TPSA) is 102 Å². The van der Waals surface area contributed by atoms with Gasteiger partial charge in [0.2, 0.25) is 0 Å². The van der Waals surface area contributed by atoms with Crippen molar-refractivity contribution >= 4 is 17.2 Å². The molecule has 0 aromatic heterocycles. The summed E-state index contributed by atoms with van der Waals surface area (Å²) < 4.78 is 0. The molecule has 7 N–H and O–H groups in total. The predicted octanol–water partition coefficient (Wildman–Crippen LogP) is 1.33. The highest BCUT2D eigenvalue weighted by atomic mass is 14.7. The molecule has 0 unspecified atom stereocenters. The molecule has 82 valence electrons. The Morgan fingerprint density at radius 3 is 2.40 bits per heavy atom. The van der Waals surface area contributed by atoms with Crippen molar-refractivity contribution in [1.29, 1.82) is 5.41 Å². The fourth-order valence-corrected chi connectivity index (χ4v) is 1.61. The Bertz CT molecular complexity index is 382. The number of nitrogen functional groups attached to an aromatic ring is 3. The molecule has 4 nitrogen and oxygen atoms in total. The second-order valence-corrected chi connectivity index (χ2v) is 4.11. The molecule has 15 heavy (non-hydrogen) atoms. The molecule has 0 radical (unpaired) electrons. The van der Waals surface area contributed by atoms with Gasteiger partial charge in [-0.05, 0) is 24.0 Å². The zero-order chi connectivity index (χ0) is 11.6. The van der Waals surface area contributed by atoms with E-state index in [1.165, 1.54) is 0 Å². The molecule has 0 aliphatic carbocycles. The molecule has 0 spiro atoms. The summed E-state index contributed by atoms with van der Waals surface area (Å²) >= 11 is 0. The van der Waals surface area contributed by atoms with E-state index < -0.39 is 0 Å². The van der Waals surface area contributed by atoms with Crippen LogP contribution in [0, 0.1) is 11.3 Å². The Morgan fingerprint density at radius 2 is 1.93 bits per heavy atom. The number of benzene rings is 1. The molecule has 0 aliphatic heterocycles. The standard InChI is InChI=1S/C11H18N4/c1-6(2)5-7-3-4-8(12)10(13)9(7)11(14)15/h3-4,6H,5,12-13H2,1-2H3,(H3,14,15). The van der Waals surface area contributed by atoms with Crippen LogP contribution in [0.2, 0.25) is 0 Å². The number of rotatable bonds is 3. The third-order valence-corrected chi connectivity index (χ3v) is 2.26. The monoisotopic (exact) mass is 206 g/mol. The van der Waals surface area contributed by atoms with Crippen molar-refractivity contribution in [2.75, 3.05) is 11.5 Å². The quantitative estimate of drug-likeness (QED) is 0.341. The molecule has 0 saturated heterocycles. The summed E-state index contributed by atoms with van der Waals surface area (Å²) in [7, 11) is 0.